The van der Waals surface area contributed by atoms with Gasteiger partial charge in [-0.3, -0.25) is 14.3 Å². The van der Waals surface area contributed by atoms with Crippen LogP contribution < -0.4 is 16.0 Å². The zero-order chi connectivity index (χ0) is 14.7. The summed E-state index contributed by atoms with van der Waals surface area (Å²) in [6.07, 6.45) is 8.06. The molecule has 1 aromatic rings. The Bertz CT molecular complexity index is 523. The van der Waals surface area contributed by atoms with E-state index in [2.05, 4.69) is 21.0 Å². The summed E-state index contributed by atoms with van der Waals surface area (Å²) >= 11 is 0. The van der Waals surface area contributed by atoms with Crippen molar-refractivity contribution >= 4 is 29.9 Å². The quantitative estimate of drug-likeness (QED) is 0.716. The topological polar surface area (TPSA) is 88.1 Å². The van der Waals surface area contributed by atoms with Crippen LogP contribution >= 0.6 is 12.4 Å². The van der Waals surface area contributed by atoms with Crippen LogP contribution in [0.2, 0.25) is 0 Å². The van der Waals surface area contributed by atoms with Gasteiger partial charge in [-0.15, -0.1) is 12.4 Å². The molecule has 3 N–H and O–H groups in total. The minimum atomic E-state index is -0.0337. The number of hydrogen-bond donors (Lipinski definition) is 3. The summed E-state index contributed by atoms with van der Waals surface area (Å²) in [6, 6.07) is 0.635. The van der Waals surface area contributed by atoms with Crippen LogP contribution in [0.4, 0.5) is 5.69 Å². The van der Waals surface area contributed by atoms with Crippen LogP contribution in [0.15, 0.2) is 12.4 Å². The molecular formula is C14H22ClN5O2. The van der Waals surface area contributed by atoms with Gasteiger partial charge in [0.15, 0.2) is 0 Å². The molecule has 1 aliphatic carbocycles. The Kier molecular flexibility index (Phi) is 5.79. The number of amides is 2. The fourth-order valence-corrected chi connectivity index (χ4v) is 2.53. The molecule has 0 radical (unpaired) electrons. The molecule has 2 fully saturated rings. The van der Waals surface area contributed by atoms with Gasteiger partial charge in [0.1, 0.15) is 6.54 Å². The molecule has 22 heavy (non-hydrogen) atoms. The standard InChI is InChI=1S/C14H21N5O2.ClH/c20-13(6-11-2-1-5-15-11)18-12-7-16-19(8-12)9-14(21)17-10-3-4-10;/h7-8,10-11,15H,1-6,9H2,(H,17,21)(H,18,20);1H. The fourth-order valence-electron chi connectivity index (χ4n) is 2.53. The summed E-state index contributed by atoms with van der Waals surface area (Å²) in [5.74, 6) is -0.0509. The smallest absolute Gasteiger partial charge is 0.241 e. The molecule has 0 spiro atoms. The number of carbonyl (C=O) groups excluding carboxylic acids is 2. The van der Waals surface area contributed by atoms with E-state index in [9.17, 15) is 9.59 Å². The number of nitrogens with one attached hydrogen (secondary N) is 3. The highest BCUT2D eigenvalue weighted by atomic mass is 35.5. The summed E-state index contributed by atoms with van der Waals surface area (Å²) in [4.78, 5) is 23.5. The summed E-state index contributed by atoms with van der Waals surface area (Å²) in [7, 11) is 0. The Morgan fingerprint density at radius 3 is 2.82 bits per heavy atom. The van der Waals surface area contributed by atoms with E-state index in [-0.39, 0.29) is 36.8 Å². The maximum absolute atomic E-state index is 11.9. The number of anilines is 1. The minimum Gasteiger partial charge on any atom is -0.352 e. The fraction of sp³-hybridized carbons (Fsp3) is 0.643. The molecule has 1 saturated carbocycles. The molecule has 7 nitrogen and oxygen atoms in total. The molecule has 1 aliphatic heterocycles. The van der Waals surface area contributed by atoms with Crippen molar-refractivity contribution in [2.24, 2.45) is 0 Å². The molecule has 0 bridgehead atoms. The molecular weight excluding hydrogens is 306 g/mol. The second kappa shape index (κ2) is 7.60. The summed E-state index contributed by atoms with van der Waals surface area (Å²) in [6.45, 7) is 1.18. The van der Waals surface area contributed by atoms with Gasteiger partial charge in [0.05, 0.1) is 11.9 Å². The number of carbonyl (C=O) groups is 2. The maximum atomic E-state index is 11.9. The van der Waals surface area contributed by atoms with Crippen LogP contribution in [-0.2, 0) is 16.1 Å². The third kappa shape index (κ3) is 4.99. The van der Waals surface area contributed by atoms with Gasteiger partial charge < -0.3 is 16.0 Å². The lowest BCUT2D eigenvalue weighted by molar-refractivity contribution is -0.122. The predicted octanol–water partition coefficient (Wildman–Crippen LogP) is 0.664. The third-order valence-electron chi connectivity index (χ3n) is 3.76. The van der Waals surface area contributed by atoms with Gasteiger partial charge in [-0.2, -0.15) is 5.10 Å². The van der Waals surface area contributed by atoms with Crippen molar-refractivity contribution < 1.29 is 9.59 Å². The van der Waals surface area contributed by atoms with Gasteiger partial charge in [-0.25, -0.2) is 0 Å². The average molecular weight is 328 g/mol. The van der Waals surface area contributed by atoms with Gasteiger partial charge in [-0.05, 0) is 32.2 Å². The second-order valence-corrected chi connectivity index (χ2v) is 5.81. The molecule has 8 heteroatoms. The van der Waals surface area contributed by atoms with Crippen LogP contribution in [0.1, 0.15) is 32.1 Å². The van der Waals surface area contributed by atoms with E-state index in [1.54, 1.807) is 17.1 Å². The summed E-state index contributed by atoms with van der Waals surface area (Å²) in [5.41, 5.74) is 0.636. The van der Waals surface area contributed by atoms with Gasteiger partial charge in [-0.1, -0.05) is 0 Å². The van der Waals surface area contributed by atoms with Crippen LogP contribution in [-0.4, -0.2) is 40.2 Å². The van der Waals surface area contributed by atoms with Crippen molar-refractivity contribution in [3.63, 3.8) is 0 Å². The first-order valence-electron chi connectivity index (χ1n) is 7.54. The molecule has 2 aliphatic rings. The van der Waals surface area contributed by atoms with E-state index < -0.39 is 0 Å². The highest BCUT2D eigenvalue weighted by Crippen LogP contribution is 2.18. The maximum Gasteiger partial charge on any atom is 0.241 e. The Balaban J connectivity index is 0.00000176. The largest absolute Gasteiger partial charge is 0.352 e. The Morgan fingerprint density at radius 1 is 1.32 bits per heavy atom. The Hall–Kier alpha value is -1.60. The van der Waals surface area contributed by atoms with Crippen molar-refractivity contribution in [3.05, 3.63) is 12.4 Å². The molecule has 122 valence electrons. The molecule has 1 saturated heterocycles. The first-order valence-corrected chi connectivity index (χ1v) is 7.54. The number of rotatable bonds is 6. The van der Waals surface area contributed by atoms with Crippen molar-refractivity contribution in [1.29, 1.82) is 0 Å². The van der Waals surface area contributed by atoms with Crippen LogP contribution in [0.25, 0.3) is 0 Å². The Labute approximate surface area is 135 Å². The Morgan fingerprint density at radius 2 is 2.14 bits per heavy atom. The number of nitrogens with zero attached hydrogens (tertiary/aromatic N) is 2. The lowest BCUT2D eigenvalue weighted by Gasteiger charge is -2.09. The summed E-state index contributed by atoms with van der Waals surface area (Å²) in [5, 5.41) is 13.1. The minimum absolute atomic E-state index is 0. The van der Waals surface area contributed by atoms with E-state index in [4.69, 9.17) is 0 Å². The average Bonchev–Trinajstić information content (AvgIpc) is 2.91. The van der Waals surface area contributed by atoms with Crippen LogP contribution in [0, 0.1) is 0 Å². The lowest BCUT2D eigenvalue weighted by Crippen LogP contribution is -2.29. The van der Waals surface area contributed by atoms with Gasteiger partial charge >= 0.3 is 0 Å². The van der Waals surface area contributed by atoms with E-state index in [0.717, 1.165) is 32.2 Å². The highest BCUT2D eigenvalue weighted by Gasteiger charge is 2.23. The van der Waals surface area contributed by atoms with E-state index in [0.29, 0.717) is 18.2 Å². The molecule has 1 atom stereocenters. The second-order valence-electron chi connectivity index (χ2n) is 5.81. The van der Waals surface area contributed by atoms with Gasteiger partial charge in [0.2, 0.25) is 11.8 Å². The third-order valence-corrected chi connectivity index (χ3v) is 3.76. The highest BCUT2D eigenvalue weighted by molar-refractivity contribution is 5.90. The lowest BCUT2D eigenvalue weighted by atomic mass is 10.1. The van der Waals surface area contributed by atoms with Crippen LogP contribution in [0.3, 0.4) is 0 Å². The van der Waals surface area contributed by atoms with Crippen molar-refractivity contribution in [3.8, 4) is 0 Å². The van der Waals surface area contributed by atoms with Gasteiger partial charge in [0.25, 0.3) is 0 Å². The molecule has 2 amide bonds. The normalized spacial score (nSPS) is 20.3. The number of hydrogen-bond acceptors (Lipinski definition) is 4. The van der Waals surface area contributed by atoms with Crippen molar-refractivity contribution in [2.45, 2.75) is 50.7 Å². The van der Waals surface area contributed by atoms with E-state index in [1.165, 1.54) is 0 Å². The van der Waals surface area contributed by atoms with Crippen molar-refractivity contribution in [1.82, 2.24) is 20.4 Å². The van der Waals surface area contributed by atoms with Crippen LogP contribution in [0.5, 0.6) is 0 Å². The SMILES string of the molecule is Cl.O=C(CC1CCCN1)Nc1cnn(CC(=O)NC2CC2)c1. The van der Waals surface area contributed by atoms with Gasteiger partial charge in [0, 0.05) is 24.7 Å². The number of halogens is 1. The molecule has 1 aromatic heterocycles. The monoisotopic (exact) mass is 327 g/mol. The predicted molar refractivity (Wildman–Crippen MR) is 84.9 cm³/mol. The molecule has 1 unspecified atom stereocenters. The first-order chi connectivity index (χ1) is 10.2. The molecule has 3 rings (SSSR count). The molecule has 0 aromatic carbocycles. The van der Waals surface area contributed by atoms with E-state index in [1.807, 2.05) is 0 Å². The summed E-state index contributed by atoms with van der Waals surface area (Å²) < 4.78 is 1.54. The first kappa shape index (κ1) is 16.8. The van der Waals surface area contributed by atoms with Crippen molar-refractivity contribution in [2.75, 3.05) is 11.9 Å². The number of aromatic nitrogens is 2. The zero-order valence-corrected chi connectivity index (χ0v) is 13.2. The van der Waals surface area contributed by atoms with E-state index >= 15 is 0 Å². The molecule has 2 heterocycles. The zero-order valence-electron chi connectivity index (χ0n) is 12.4.